The Bertz CT molecular complexity index is 463. The van der Waals surface area contributed by atoms with Crippen molar-refractivity contribution in [3.05, 3.63) is 24.3 Å². The largest absolute Gasteiger partial charge is 0.481 e. The van der Waals surface area contributed by atoms with E-state index in [4.69, 9.17) is 4.74 Å². The molecule has 146 valence electrons. The molecule has 0 fully saturated rings. The molecule has 25 heavy (non-hydrogen) atoms. The van der Waals surface area contributed by atoms with Crippen LogP contribution in [0.15, 0.2) is 24.3 Å². The number of nitrogens with zero attached hydrogens (tertiary/aromatic N) is 1. The third-order valence-electron chi connectivity index (χ3n) is 3.57. The molecule has 0 saturated carbocycles. The van der Waals surface area contributed by atoms with E-state index in [2.05, 4.69) is 0 Å². The second-order valence-electron chi connectivity index (χ2n) is 8.01. The summed E-state index contributed by atoms with van der Waals surface area (Å²) in [6, 6.07) is 0. The summed E-state index contributed by atoms with van der Waals surface area (Å²) in [7, 11) is 1.63. The lowest BCUT2D eigenvalue weighted by Crippen LogP contribution is -2.44. The molecule has 2 N–H and O–H groups in total. The van der Waals surface area contributed by atoms with Gasteiger partial charge in [0.05, 0.1) is 11.5 Å². The summed E-state index contributed by atoms with van der Waals surface area (Å²) in [5, 5.41) is 19.5. The van der Waals surface area contributed by atoms with Crippen LogP contribution < -0.4 is 0 Å². The molecule has 0 spiro atoms. The van der Waals surface area contributed by atoms with E-state index in [-0.39, 0.29) is 12.5 Å². The van der Waals surface area contributed by atoms with Crippen molar-refractivity contribution in [2.45, 2.75) is 65.6 Å². The van der Waals surface area contributed by atoms with Gasteiger partial charge in [-0.3, -0.25) is 9.69 Å². The topological polar surface area (TPSA) is 70.0 Å². The lowest BCUT2D eigenvalue weighted by atomic mass is 9.90. The minimum Gasteiger partial charge on any atom is -0.481 e. The first-order chi connectivity index (χ1) is 11.2. The summed E-state index contributed by atoms with van der Waals surface area (Å²) in [5.74, 6) is -1.73. The predicted octanol–water partition coefficient (Wildman–Crippen LogP) is 3.60. The van der Waals surface area contributed by atoms with Crippen molar-refractivity contribution in [3.8, 4) is 0 Å². The summed E-state index contributed by atoms with van der Waals surface area (Å²) >= 11 is 0. The fraction of sp³-hybridized carbons (Fsp3) is 0.737. The molecule has 1 unspecified atom stereocenters. The standard InChI is InChI=1S/C19H34FNO4/c1-14(11-9-8-10-12-19(5,6)20)15(16(22)23)13-21(7)17(24)25-18(2,3)4/h8-10,12,14-15,17,24H,11,13H2,1-7H3,(H,22,23)/b9-8-,12-10-/t14-,15+,17?/m0/s1. The summed E-state index contributed by atoms with van der Waals surface area (Å²) < 4.78 is 18.7. The quantitative estimate of drug-likeness (QED) is 0.461. The van der Waals surface area contributed by atoms with E-state index >= 15 is 0 Å². The van der Waals surface area contributed by atoms with Gasteiger partial charge in [0.2, 0.25) is 6.41 Å². The smallest absolute Gasteiger partial charge is 0.308 e. The van der Waals surface area contributed by atoms with Crippen molar-refractivity contribution >= 4 is 5.97 Å². The first-order valence-corrected chi connectivity index (χ1v) is 8.55. The van der Waals surface area contributed by atoms with Gasteiger partial charge in [0.25, 0.3) is 0 Å². The number of alkyl halides is 1. The fourth-order valence-corrected chi connectivity index (χ4v) is 2.13. The van der Waals surface area contributed by atoms with Crippen LogP contribution in [0.1, 0.15) is 48.0 Å². The molecule has 0 aromatic heterocycles. The van der Waals surface area contributed by atoms with Gasteiger partial charge in [0.1, 0.15) is 5.67 Å². The zero-order chi connectivity index (χ0) is 19.8. The number of hydrogen-bond donors (Lipinski definition) is 2. The Labute approximate surface area is 151 Å². The van der Waals surface area contributed by atoms with Gasteiger partial charge in [-0.15, -0.1) is 0 Å². The molecule has 5 nitrogen and oxygen atoms in total. The minimum absolute atomic E-state index is 0.148. The molecule has 0 bridgehead atoms. The van der Waals surface area contributed by atoms with Crippen LogP contribution in [0.4, 0.5) is 4.39 Å². The third kappa shape index (κ3) is 11.9. The SMILES string of the molecule is C[C@@H](C/C=C\C=C/C(C)(C)F)[C@@H](CN(C)C(O)OC(C)(C)C)C(=O)O. The molecule has 0 aromatic rings. The van der Waals surface area contributed by atoms with E-state index in [9.17, 15) is 19.4 Å². The van der Waals surface area contributed by atoms with E-state index in [1.165, 1.54) is 24.8 Å². The molecule has 3 atom stereocenters. The third-order valence-corrected chi connectivity index (χ3v) is 3.57. The molecule has 0 aliphatic heterocycles. The Morgan fingerprint density at radius 1 is 1.24 bits per heavy atom. The minimum atomic E-state index is -1.37. The van der Waals surface area contributed by atoms with E-state index in [0.29, 0.717) is 6.42 Å². The summed E-state index contributed by atoms with van der Waals surface area (Å²) in [6.45, 7) is 10.4. The number of aliphatic carboxylic acids is 1. The maximum absolute atomic E-state index is 13.3. The van der Waals surface area contributed by atoms with Crippen LogP contribution in [0, 0.1) is 11.8 Å². The number of carboxylic acid groups (broad SMARTS) is 1. The first kappa shape index (κ1) is 23.8. The number of aliphatic hydroxyl groups excluding tert-OH is 1. The van der Waals surface area contributed by atoms with Crippen molar-refractivity contribution in [2.24, 2.45) is 11.8 Å². The molecular weight excluding hydrogens is 325 g/mol. The predicted molar refractivity (Wildman–Crippen MR) is 97.8 cm³/mol. The van der Waals surface area contributed by atoms with Gasteiger partial charge < -0.3 is 14.9 Å². The van der Waals surface area contributed by atoms with Crippen LogP contribution >= 0.6 is 0 Å². The fourth-order valence-electron chi connectivity index (χ4n) is 2.13. The van der Waals surface area contributed by atoms with Gasteiger partial charge in [-0.25, -0.2) is 4.39 Å². The average Bonchev–Trinajstić information content (AvgIpc) is 2.40. The van der Waals surface area contributed by atoms with E-state index in [1.54, 1.807) is 19.2 Å². The number of ether oxygens (including phenoxy) is 1. The van der Waals surface area contributed by atoms with Crippen molar-refractivity contribution in [1.82, 2.24) is 4.90 Å². The summed E-state index contributed by atoms with van der Waals surface area (Å²) in [6.07, 6.45) is 5.98. The van der Waals surface area contributed by atoms with Gasteiger partial charge in [0.15, 0.2) is 0 Å². The number of halogens is 1. The summed E-state index contributed by atoms with van der Waals surface area (Å²) in [5.41, 5.74) is -1.90. The molecule has 0 heterocycles. The number of aliphatic hydroxyl groups is 1. The van der Waals surface area contributed by atoms with Crippen LogP contribution in [0.3, 0.4) is 0 Å². The first-order valence-electron chi connectivity index (χ1n) is 8.55. The molecule has 0 aliphatic carbocycles. The number of carbonyl (C=O) groups is 1. The number of rotatable bonds is 10. The lowest BCUT2D eigenvalue weighted by molar-refractivity contribution is -0.235. The Kier molecular flexibility index (Phi) is 9.54. The maximum Gasteiger partial charge on any atom is 0.308 e. The van der Waals surface area contributed by atoms with Gasteiger partial charge in [-0.05, 0) is 60.1 Å². The Hall–Kier alpha value is -1.24. The van der Waals surface area contributed by atoms with Crippen molar-refractivity contribution in [1.29, 1.82) is 0 Å². The number of hydrogen-bond acceptors (Lipinski definition) is 4. The molecule has 6 heteroatoms. The van der Waals surface area contributed by atoms with Gasteiger partial charge >= 0.3 is 5.97 Å². The van der Waals surface area contributed by atoms with E-state index in [0.717, 1.165) is 0 Å². The highest BCUT2D eigenvalue weighted by molar-refractivity contribution is 5.70. The Morgan fingerprint density at radius 3 is 2.24 bits per heavy atom. The monoisotopic (exact) mass is 359 g/mol. The van der Waals surface area contributed by atoms with Crippen LogP contribution in [-0.2, 0) is 9.53 Å². The van der Waals surface area contributed by atoms with Crippen molar-refractivity contribution in [3.63, 3.8) is 0 Å². The van der Waals surface area contributed by atoms with Crippen LogP contribution in [-0.4, -0.2) is 52.4 Å². The van der Waals surface area contributed by atoms with E-state index < -0.39 is 29.6 Å². The van der Waals surface area contributed by atoms with Crippen LogP contribution in [0.25, 0.3) is 0 Å². The van der Waals surface area contributed by atoms with Gasteiger partial charge in [-0.2, -0.15) is 0 Å². The average molecular weight is 359 g/mol. The number of allylic oxidation sites excluding steroid dienone is 4. The second kappa shape index (κ2) is 10.0. The second-order valence-corrected chi connectivity index (χ2v) is 8.01. The molecule has 0 aromatic carbocycles. The highest BCUT2D eigenvalue weighted by Crippen LogP contribution is 2.20. The number of carboxylic acids is 1. The van der Waals surface area contributed by atoms with Gasteiger partial charge in [0, 0.05) is 6.54 Å². The molecule has 0 rings (SSSR count). The normalized spacial score (nSPS) is 17.4. The zero-order valence-electron chi connectivity index (χ0n) is 16.5. The van der Waals surface area contributed by atoms with Gasteiger partial charge in [-0.1, -0.05) is 25.2 Å². The summed E-state index contributed by atoms with van der Waals surface area (Å²) in [4.78, 5) is 13.0. The van der Waals surface area contributed by atoms with Crippen molar-refractivity contribution < 1.29 is 24.1 Å². The van der Waals surface area contributed by atoms with Crippen LogP contribution in [0.5, 0.6) is 0 Å². The molecule has 0 radical (unpaired) electrons. The highest BCUT2D eigenvalue weighted by Gasteiger charge is 2.29. The Balaban J connectivity index is 4.70. The molecular formula is C19H34FNO4. The maximum atomic E-state index is 13.3. The molecule has 0 aliphatic rings. The van der Waals surface area contributed by atoms with Crippen LogP contribution in [0.2, 0.25) is 0 Å². The molecule has 0 amide bonds. The molecule has 0 saturated heterocycles. The zero-order valence-corrected chi connectivity index (χ0v) is 16.5. The van der Waals surface area contributed by atoms with E-state index in [1.807, 2.05) is 33.8 Å². The highest BCUT2D eigenvalue weighted by atomic mass is 19.1. The van der Waals surface area contributed by atoms with Crippen molar-refractivity contribution in [2.75, 3.05) is 13.6 Å². The Morgan fingerprint density at radius 2 is 1.80 bits per heavy atom. The lowest BCUT2D eigenvalue weighted by Gasteiger charge is -2.32.